The van der Waals surface area contributed by atoms with E-state index in [9.17, 15) is 0 Å². The summed E-state index contributed by atoms with van der Waals surface area (Å²) in [5.74, 6) is 0. The normalized spacial score (nSPS) is 10.5. The van der Waals surface area contributed by atoms with Crippen LogP contribution in [-0.2, 0) is 6.42 Å². The van der Waals surface area contributed by atoms with Gasteiger partial charge in [-0.2, -0.15) is 0 Å². The Bertz CT molecular complexity index is 503. The molecule has 0 saturated heterocycles. The zero-order chi connectivity index (χ0) is 12.3. The molecule has 90 valence electrons. The minimum atomic E-state index is 0.966. The second-order valence-electron chi connectivity index (χ2n) is 4.36. The van der Waals surface area contributed by atoms with Crippen molar-refractivity contribution in [1.82, 2.24) is 4.98 Å². The van der Waals surface area contributed by atoms with Crippen LogP contribution in [0.25, 0.3) is 0 Å². The molecule has 3 heteroatoms. The molecule has 17 heavy (non-hydrogen) atoms. The van der Waals surface area contributed by atoms with E-state index in [0.717, 1.165) is 18.7 Å². The van der Waals surface area contributed by atoms with Crippen LogP contribution in [0.1, 0.15) is 21.7 Å². The highest BCUT2D eigenvalue weighted by Crippen LogP contribution is 2.17. The summed E-state index contributed by atoms with van der Waals surface area (Å²) in [5.41, 5.74) is 6.93. The molecule has 0 radical (unpaired) electrons. The van der Waals surface area contributed by atoms with Gasteiger partial charge in [0.05, 0.1) is 11.2 Å². The molecule has 0 amide bonds. The summed E-state index contributed by atoms with van der Waals surface area (Å²) in [6, 6.07) is 6.51. The molecule has 2 nitrogen and oxygen atoms in total. The lowest BCUT2D eigenvalue weighted by molar-refractivity contribution is 1.01. The van der Waals surface area contributed by atoms with Crippen LogP contribution in [0, 0.1) is 20.8 Å². The van der Waals surface area contributed by atoms with Crippen molar-refractivity contribution in [2.24, 2.45) is 0 Å². The first kappa shape index (κ1) is 12.1. The van der Waals surface area contributed by atoms with Gasteiger partial charge in [-0.3, -0.25) is 0 Å². The van der Waals surface area contributed by atoms with Crippen LogP contribution in [0.2, 0.25) is 0 Å². The first-order valence-electron chi connectivity index (χ1n) is 5.87. The van der Waals surface area contributed by atoms with Gasteiger partial charge in [-0.15, -0.1) is 11.3 Å². The Kier molecular flexibility index (Phi) is 3.79. The molecule has 2 aromatic rings. The maximum absolute atomic E-state index is 4.26. The fourth-order valence-electron chi connectivity index (χ4n) is 1.80. The third-order valence-electron chi connectivity index (χ3n) is 2.91. The second-order valence-corrected chi connectivity index (χ2v) is 5.30. The van der Waals surface area contributed by atoms with Gasteiger partial charge in [-0.1, -0.05) is 12.1 Å². The minimum absolute atomic E-state index is 0.966. The van der Waals surface area contributed by atoms with Crippen LogP contribution in [0.3, 0.4) is 0 Å². The van der Waals surface area contributed by atoms with E-state index >= 15 is 0 Å². The number of aryl methyl sites for hydroxylation is 3. The summed E-state index contributed by atoms with van der Waals surface area (Å²) < 4.78 is 0. The molecule has 1 heterocycles. The SMILES string of the molecule is Cc1ccc(C)c(NCCc2scnc2C)c1. The van der Waals surface area contributed by atoms with Crippen molar-refractivity contribution >= 4 is 17.0 Å². The topological polar surface area (TPSA) is 24.9 Å². The molecule has 1 aromatic heterocycles. The zero-order valence-corrected chi connectivity index (χ0v) is 11.4. The van der Waals surface area contributed by atoms with Crippen LogP contribution >= 0.6 is 11.3 Å². The number of rotatable bonds is 4. The van der Waals surface area contributed by atoms with Crippen LogP contribution in [0.15, 0.2) is 23.7 Å². The summed E-state index contributed by atoms with van der Waals surface area (Å²) >= 11 is 1.74. The van der Waals surface area contributed by atoms with Crippen LogP contribution in [-0.4, -0.2) is 11.5 Å². The number of anilines is 1. The Morgan fingerprint density at radius 1 is 1.24 bits per heavy atom. The van der Waals surface area contributed by atoms with E-state index in [1.165, 1.54) is 21.7 Å². The van der Waals surface area contributed by atoms with E-state index < -0.39 is 0 Å². The second kappa shape index (κ2) is 5.32. The average Bonchev–Trinajstić information content (AvgIpc) is 2.70. The number of aromatic nitrogens is 1. The van der Waals surface area contributed by atoms with Gasteiger partial charge in [0.25, 0.3) is 0 Å². The molecule has 0 aliphatic heterocycles. The standard InChI is InChI=1S/C14H18N2S/c1-10-4-5-11(2)13(8-10)15-7-6-14-12(3)16-9-17-14/h4-5,8-9,15H,6-7H2,1-3H3. The van der Waals surface area contributed by atoms with E-state index in [1.807, 2.05) is 5.51 Å². The highest BCUT2D eigenvalue weighted by atomic mass is 32.1. The largest absolute Gasteiger partial charge is 0.384 e. The monoisotopic (exact) mass is 246 g/mol. The third kappa shape index (κ3) is 3.07. The Morgan fingerprint density at radius 3 is 2.76 bits per heavy atom. The smallest absolute Gasteiger partial charge is 0.0797 e. The van der Waals surface area contributed by atoms with Gasteiger partial charge in [-0.25, -0.2) is 4.98 Å². The molecule has 1 aromatic carbocycles. The third-order valence-corrected chi connectivity index (χ3v) is 3.90. The molecule has 2 rings (SSSR count). The highest BCUT2D eigenvalue weighted by Gasteiger charge is 2.02. The maximum atomic E-state index is 4.26. The molecule has 0 aliphatic carbocycles. The van der Waals surface area contributed by atoms with Gasteiger partial charge in [0, 0.05) is 23.5 Å². The summed E-state index contributed by atoms with van der Waals surface area (Å²) in [5, 5.41) is 3.50. The number of nitrogens with one attached hydrogen (secondary N) is 1. The highest BCUT2D eigenvalue weighted by molar-refractivity contribution is 7.09. The molecule has 0 fully saturated rings. The molecule has 0 unspecified atom stereocenters. The molecule has 1 N–H and O–H groups in total. The van der Waals surface area contributed by atoms with E-state index in [2.05, 4.69) is 49.3 Å². The fourth-order valence-corrected chi connectivity index (χ4v) is 2.58. The van der Waals surface area contributed by atoms with Crippen molar-refractivity contribution in [3.63, 3.8) is 0 Å². The summed E-state index contributed by atoms with van der Waals surface area (Å²) in [4.78, 5) is 5.64. The summed E-state index contributed by atoms with van der Waals surface area (Å²) in [6.45, 7) is 7.30. The van der Waals surface area contributed by atoms with E-state index in [0.29, 0.717) is 0 Å². The molecule has 0 atom stereocenters. The van der Waals surface area contributed by atoms with Gasteiger partial charge >= 0.3 is 0 Å². The quantitative estimate of drug-likeness (QED) is 0.889. The van der Waals surface area contributed by atoms with Gasteiger partial charge in [0.1, 0.15) is 0 Å². The molecular weight excluding hydrogens is 228 g/mol. The first-order chi connectivity index (χ1) is 8.16. The fraction of sp³-hybridized carbons (Fsp3) is 0.357. The molecule has 0 spiro atoms. The van der Waals surface area contributed by atoms with Gasteiger partial charge in [0.15, 0.2) is 0 Å². The number of hydrogen-bond donors (Lipinski definition) is 1. The van der Waals surface area contributed by atoms with Crippen LogP contribution in [0.5, 0.6) is 0 Å². The van der Waals surface area contributed by atoms with E-state index in [-0.39, 0.29) is 0 Å². The maximum Gasteiger partial charge on any atom is 0.0797 e. The number of benzene rings is 1. The van der Waals surface area contributed by atoms with E-state index in [4.69, 9.17) is 0 Å². The van der Waals surface area contributed by atoms with Gasteiger partial charge in [-0.05, 0) is 38.0 Å². The van der Waals surface area contributed by atoms with E-state index in [1.54, 1.807) is 11.3 Å². The lowest BCUT2D eigenvalue weighted by Gasteiger charge is -2.10. The predicted octanol–water partition coefficient (Wildman–Crippen LogP) is 3.72. The Labute approximate surface area is 107 Å². The van der Waals surface area contributed by atoms with Crippen molar-refractivity contribution in [2.75, 3.05) is 11.9 Å². The van der Waals surface area contributed by atoms with Gasteiger partial charge in [0.2, 0.25) is 0 Å². The molecule has 0 bridgehead atoms. The van der Waals surface area contributed by atoms with Crippen molar-refractivity contribution in [2.45, 2.75) is 27.2 Å². The lowest BCUT2D eigenvalue weighted by Crippen LogP contribution is -2.06. The predicted molar refractivity (Wildman–Crippen MR) is 75.0 cm³/mol. The van der Waals surface area contributed by atoms with Crippen molar-refractivity contribution in [3.8, 4) is 0 Å². The molecular formula is C14H18N2S. The average molecular weight is 246 g/mol. The van der Waals surface area contributed by atoms with Crippen LogP contribution < -0.4 is 5.32 Å². The number of thiazole rings is 1. The molecule has 0 saturated carbocycles. The Hall–Kier alpha value is -1.35. The lowest BCUT2D eigenvalue weighted by atomic mass is 10.1. The van der Waals surface area contributed by atoms with Gasteiger partial charge < -0.3 is 5.32 Å². The zero-order valence-electron chi connectivity index (χ0n) is 10.6. The summed E-state index contributed by atoms with van der Waals surface area (Å²) in [6.07, 6.45) is 1.05. The van der Waals surface area contributed by atoms with Crippen molar-refractivity contribution in [1.29, 1.82) is 0 Å². The number of hydrogen-bond acceptors (Lipinski definition) is 3. The molecule has 0 aliphatic rings. The summed E-state index contributed by atoms with van der Waals surface area (Å²) in [7, 11) is 0. The Morgan fingerprint density at radius 2 is 2.06 bits per heavy atom. The minimum Gasteiger partial charge on any atom is -0.384 e. The Balaban J connectivity index is 1.94. The van der Waals surface area contributed by atoms with Crippen LogP contribution in [0.4, 0.5) is 5.69 Å². The van der Waals surface area contributed by atoms with Crippen molar-refractivity contribution < 1.29 is 0 Å². The van der Waals surface area contributed by atoms with Crippen molar-refractivity contribution in [3.05, 3.63) is 45.4 Å². The first-order valence-corrected chi connectivity index (χ1v) is 6.75. The number of nitrogens with zero attached hydrogens (tertiary/aromatic N) is 1.